The lowest BCUT2D eigenvalue weighted by Gasteiger charge is -2.28. The van der Waals surface area contributed by atoms with E-state index in [9.17, 15) is 9.59 Å². The summed E-state index contributed by atoms with van der Waals surface area (Å²) in [5.74, 6) is 0.939. The van der Waals surface area contributed by atoms with Crippen LogP contribution >= 0.6 is 0 Å². The highest BCUT2D eigenvalue weighted by molar-refractivity contribution is 5.78. The zero-order valence-electron chi connectivity index (χ0n) is 11.6. The number of hydrogen-bond donors (Lipinski definition) is 2. The normalized spacial score (nSPS) is 32.0. The summed E-state index contributed by atoms with van der Waals surface area (Å²) in [6.07, 6.45) is 4.24. The standard InChI is InChI=1S/C14H23NO4/c1-8(12-6-10-3-4-11(12)5-10)15-13(16)7-19-9(2)14(17)18/h8-12H,3-7H2,1-2H3,(H,15,16)(H,17,18). The largest absolute Gasteiger partial charge is 0.479 e. The zero-order chi connectivity index (χ0) is 14.0. The lowest BCUT2D eigenvalue weighted by molar-refractivity contribution is -0.150. The molecule has 5 nitrogen and oxygen atoms in total. The minimum absolute atomic E-state index is 0.159. The van der Waals surface area contributed by atoms with Crippen LogP contribution in [-0.4, -0.2) is 35.7 Å². The fourth-order valence-electron chi connectivity index (χ4n) is 3.58. The number of amides is 1. The topological polar surface area (TPSA) is 75.6 Å². The van der Waals surface area contributed by atoms with E-state index in [0.29, 0.717) is 5.92 Å². The summed E-state index contributed by atoms with van der Waals surface area (Å²) in [4.78, 5) is 22.3. The third-order valence-electron chi connectivity index (χ3n) is 4.64. The molecule has 0 saturated heterocycles. The number of carbonyl (C=O) groups excluding carboxylic acids is 1. The molecule has 0 aromatic carbocycles. The van der Waals surface area contributed by atoms with Gasteiger partial charge in [0.05, 0.1) is 0 Å². The maximum atomic E-state index is 11.7. The minimum Gasteiger partial charge on any atom is -0.479 e. The average Bonchev–Trinajstić information content (AvgIpc) is 2.97. The van der Waals surface area contributed by atoms with Crippen molar-refractivity contribution < 1.29 is 19.4 Å². The molecule has 0 aromatic rings. The van der Waals surface area contributed by atoms with Crippen LogP contribution in [0.25, 0.3) is 0 Å². The first kappa shape index (κ1) is 14.3. The predicted octanol–water partition coefficient (Wildman–Crippen LogP) is 1.42. The maximum Gasteiger partial charge on any atom is 0.332 e. The molecule has 0 aromatic heterocycles. The molecule has 0 heterocycles. The summed E-state index contributed by atoms with van der Waals surface area (Å²) >= 11 is 0. The van der Waals surface area contributed by atoms with Crippen LogP contribution in [0.5, 0.6) is 0 Å². The lowest BCUT2D eigenvalue weighted by atomic mass is 9.84. The fraction of sp³-hybridized carbons (Fsp3) is 0.857. The summed E-state index contributed by atoms with van der Waals surface area (Å²) in [5.41, 5.74) is 0. The highest BCUT2D eigenvalue weighted by atomic mass is 16.5. The molecule has 2 N–H and O–H groups in total. The van der Waals surface area contributed by atoms with Gasteiger partial charge in [0.2, 0.25) is 5.91 Å². The van der Waals surface area contributed by atoms with Crippen molar-refractivity contribution >= 4 is 11.9 Å². The Hall–Kier alpha value is -1.10. The van der Waals surface area contributed by atoms with E-state index in [2.05, 4.69) is 5.32 Å². The Morgan fingerprint density at radius 2 is 2.05 bits per heavy atom. The van der Waals surface area contributed by atoms with Crippen LogP contribution in [0.1, 0.15) is 39.5 Å². The molecular formula is C14H23NO4. The predicted molar refractivity (Wildman–Crippen MR) is 69.6 cm³/mol. The van der Waals surface area contributed by atoms with Gasteiger partial charge in [-0.05, 0) is 50.9 Å². The number of fused-ring (bicyclic) bond motifs is 2. The monoisotopic (exact) mass is 269 g/mol. The smallest absolute Gasteiger partial charge is 0.332 e. The van der Waals surface area contributed by atoms with Crippen molar-refractivity contribution in [1.82, 2.24) is 5.32 Å². The van der Waals surface area contributed by atoms with Gasteiger partial charge < -0.3 is 15.2 Å². The Kier molecular flexibility index (Phi) is 4.45. The number of aliphatic carboxylic acids is 1. The van der Waals surface area contributed by atoms with Gasteiger partial charge >= 0.3 is 5.97 Å². The summed E-state index contributed by atoms with van der Waals surface area (Å²) in [7, 11) is 0. The average molecular weight is 269 g/mol. The first-order valence-electron chi connectivity index (χ1n) is 7.11. The van der Waals surface area contributed by atoms with Crippen molar-refractivity contribution in [2.75, 3.05) is 6.61 Å². The van der Waals surface area contributed by atoms with E-state index in [0.717, 1.165) is 11.8 Å². The number of carbonyl (C=O) groups is 2. The molecule has 0 spiro atoms. The first-order chi connectivity index (χ1) is 8.97. The Morgan fingerprint density at radius 3 is 2.58 bits per heavy atom. The molecule has 2 aliphatic carbocycles. The van der Waals surface area contributed by atoms with Crippen molar-refractivity contribution in [3.63, 3.8) is 0 Å². The third kappa shape index (κ3) is 3.47. The van der Waals surface area contributed by atoms with Crippen LogP contribution in [0.2, 0.25) is 0 Å². The van der Waals surface area contributed by atoms with Crippen molar-refractivity contribution in [3.05, 3.63) is 0 Å². The van der Waals surface area contributed by atoms with Crippen molar-refractivity contribution in [3.8, 4) is 0 Å². The third-order valence-corrected chi connectivity index (χ3v) is 4.64. The Labute approximate surface area is 113 Å². The van der Waals surface area contributed by atoms with Crippen molar-refractivity contribution in [1.29, 1.82) is 0 Å². The van der Waals surface area contributed by atoms with Crippen LogP contribution in [0.15, 0.2) is 0 Å². The number of carboxylic acids is 1. The second kappa shape index (κ2) is 5.90. The molecule has 19 heavy (non-hydrogen) atoms. The van der Waals surface area contributed by atoms with Gasteiger partial charge in [0.1, 0.15) is 6.61 Å². The summed E-state index contributed by atoms with van der Waals surface area (Å²) in [6.45, 7) is 3.29. The van der Waals surface area contributed by atoms with E-state index in [4.69, 9.17) is 9.84 Å². The van der Waals surface area contributed by atoms with Gasteiger partial charge in [0.25, 0.3) is 0 Å². The lowest BCUT2D eigenvalue weighted by Crippen LogP contribution is -2.42. The SMILES string of the molecule is CC(OCC(=O)NC(C)C1CC2CCC1C2)C(=O)O. The molecule has 0 radical (unpaired) electrons. The van der Waals surface area contributed by atoms with E-state index in [1.807, 2.05) is 6.92 Å². The van der Waals surface area contributed by atoms with E-state index >= 15 is 0 Å². The molecule has 108 valence electrons. The van der Waals surface area contributed by atoms with Crippen LogP contribution in [0.3, 0.4) is 0 Å². The Bertz CT molecular complexity index is 357. The first-order valence-corrected chi connectivity index (χ1v) is 7.11. The molecular weight excluding hydrogens is 246 g/mol. The maximum absolute atomic E-state index is 11.7. The Morgan fingerprint density at radius 1 is 1.32 bits per heavy atom. The number of ether oxygens (including phenoxy) is 1. The van der Waals surface area contributed by atoms with Crippen LogP contribution in [0, 0.1) is 17.8 Å². The Balaban J connectivity index is 1.71. The number of hydrogen-bond acceptors (Lipinski definition) is 3. The second-order valence-electron chi connectivity index (χ2n) is 5.99. The fourth-order valence-corrected chi connectivity index (χ4v) is 3.58. The van der Waals surface area contributed by atoms with Gasteiger partial charge in [-0.1, -0.05) is 6.42 Å². The van der Waals surface area contributed by atoms with Gasteiger partial charge in [-0.2, -0.15) is 0 Å². The molecule has 2 rings (SSSR count). The van der Waals surface area contributed by atoms with Crippen molar-refractivity contribution in [2.24, 2.45) is 17.8 Å². The molecule has 0 aliphatic heterocycles. The van der Waals surface area contributed by atoms with E-state index in [-0.39, 0.29) is 18.6 Å². The summed E-state index contributed by atoms with van der Waals surface area (Å²) < 4.78 is 4.98. The van der Waals surface area contributed by atoms with Crippen LogP contribution < -0.4 is 5.32 Å². The van der Waals surface area contributed by atoms with E-state index in [1.165, 1.54) is 32.6 Å². The second-order valence-corrected chi connectivity index (χ2v) is 5.99. The number of rotatable bonds is 6. The molecule has 2 bridgehead atoms. The molecule has 1 amide bonds. The zero-order valence-corrected chi connectivity index (χ0v) is 11.6. The molecule has 2 saturated carbocycles. The quantitative estimate of drug-likeness (QED) is 0.764. The van der Waals surface area contributed by atoms with Crippen LogP contribution in [0.4, 0.5) is 0 Å². The molecule has 5 unspecified atom stereocenters. The molecule has 2 aliphatic rings. The van der Waals surface area contributed by atoms with Crippen molar-refractivity contribution in [2.45, 2.75) is 51.7 Å². The van der Waals surface area contributed by atoms with Gasteiger partial charge in [-0.3, -0.25) is 4.79 Å². The highest BCUT2D eigenvalue weighted by Gasteiger charge is 2.42. The summed E-state index contributed by atoms with van der Waals surface area (Å²) in [6, 6.07) is 0.159. The highest BCUT2D eigenvalue weighted by Crippen LogP contribution is 2.49. The van der Waals surface area contributed by atoms with Gasteiger partial charge in [-0.15, -0.1) is 0 Å². The van der Waals surface area contributed by atoms with Crippen LogP contribution in [-0.2, 0) is 14.3 Å². The molecule has 5 atom stereocenters. The number of carboxylic acid groups (broad SMARTS) is 1. The van der Waals surface area contributed by atoms with Gasteiger partial charge in [-0.25, -0.2) is 4.79 Å². The van der Waals surface area contributed by atoms with Gasteiger partial charge in [0.15, 0.2) is 6.10 Å². The molecule has 2 fully saturated rings. The van der Waals surface area contributed by atoms with E-state index in [1.54, 1.807) is 0 Å². The number of nitrogens with one attached hydrogen (secondary N) is 1. The van der Waals surface area contributed by atoms with Gasteiger partial charge in [0, 0.05) is 6.04 Å². The van der Waals surface area contributed by atoms with E-state index < -0.39 is 12.1 Å². The summed E-state index contributed by atoms with van der Waals surface area (Å²) in [5, 5.41) is 11.6. The molecule has 5 heteroatoms. The minimum atomic E-state index is -1.05.